The van der Waals surface area contributed by atoms with Gasteiger partial charge in [-0.25, -0.2) is 9.48 Å². The molecule has 7 nitrogen and oxygen atoms in total. The first-order chi connectivity index (χ1) is 11.8. The van der Waals surface area contributed by atoms with Crippen molar-refractivity contribution in [3.8, 4) is 5.69 Å². The molecule has 3 N–H and O–H groups in total. The van der Waals surface area contributed by atoms with Crippen LogP contribution in [0.15, 0.2) is 43.0 Å². The van der Waals surface area contributed by atoms with Crippen molar-refractivity contribution >= 4 is 6.09 Å². The molecular formula is C17H25N5O2. The molecule has 0 saturated heterocycles. The summed E-state index contributed by atoms with van der Waals surface area (Å²) >= 11 is 0. The van der Waals surface area contributed by atoms with Gasteiger partial charge in [0.25, 0.3) is 0 Å². The van der Waals surface area contributed by atoms with Crippen molar-refractivity contribution in [3.05, 3.63) is 43.0 Å². The van der Waals surface area contributed by atoms with Crippen LogP contribution in [0, 0.1) is 0 Å². The number of carboxylic acid groups (broad SMARTS) is 1. The maximum Gasteiger partial charge on any atom is 0.404 e. The SMILES string of the molecule is O=C(O)NC1CCCC=CCCCC1.c1cnn(-c2cn[nH]c2)c1. The van der Waals surface area contributed by atoms with E-state index >= 15 is 0 Å². The predicted molar refractivity (Wildman–Crippen MR) is 92.1 cm³/mol. The Morgan fingerprint density at radius 3 is 2.71 bits per heavy atom. The number of nitrogens with one attached hydrogen (secondary N) is 2. The summed E-state index contributed by atoms with van der Waals surface area (Å²) in [5, 5.41) is 21.7. The second-order valence-electron chi connectivity index (χ2n) is 5.74. The van der Waals surface area contributed by atoms with Crippen LogP contribution in [-0.4, -0.2) is 37.2 Å². The molecule has 0 spiro atoms. The Kier molecular flexibility index (Phi) is 7.59. The molecule has 7 heteroatoms. The van der Waals surface area contributed by atoms with Gasteiger partial charge in [0.2, 0.25) is 0 Å². The Labute approximate surface area is 141 Å². The number of hydrogen-bond acceptors (Lipinski definition) is 3. The monoisotopic (exact) mass is 331 g/mol. The van der Waals surface area contributed by atoms with Crippen LogP contribution in [0.1, 0.15) is 44.9 Å². The highest BCUT2D eigenvalue weighted by molar-refractivity contribution is 5.64. The fraction of sp³-hybridized carbons (Fsp3) is 0.471. The quantitative estimate of drug-likeness (QED) is 0.734. The van der Waals surface area contributed by atoms with Crippen LogP contribution in [0.2, 0.25) is 0 Å². The zero-order valence-electron chi connectivity index (χ0n) is 13.8. The fourth-order valence-corrected chi connectivity index (χ4v) is 2.62. The Balaban J connectivity index is 0.000000182. The van der Waals surface area contributed by atoms with Gasteiger partial charge in [0, 0.05) is 24.6 Å². The maximum atomic E-state index is 10.5. The normalized spacial score (nSPS) is 18.2. The van der Waals surface area contributed by atoms with Crippen LogP contribution in [0.25, 0.3) is 5.69 Å². The van der Waals surface area contributed by atoms with E-state index in [0.717, 1.165) is 44.2 Å². The summed E-state index contributed by atoms with van der Waals surface area (Å²) in [6.07, 6.45) is 18.2. The second kappa shape index (κ2) is 10.3. The van der Waals surface area contributed by atoms with Gasteiger partial charge in [-0.15, -0.1) is 0 Å². The van der Waals surface area contributed by atoms with E-state index in [9.17, 15) is 4.79 Å². The van der Waals surface area contributed by atoms with Crippen molar-refractivity contribution in [2.75, 3.05) is 0 Å². The molecule has 2 aromatic rings. The molecule has 0 aromatic carbocycles. The van der Waals surface area contributed by atoms with Crippen molar-refractivity contribution in [1.82, 2.24) is 25.3 Å². The van der Waals surface area contributed by atoms with E-state index in [1.54, 1.807) is 23.3 Å². The highest BCUT2D eigenvalue weighted by Gasteiger charge is 2.10. The van der Waals surface area contributed by atoms with Gasteiger partial charge in [-0.1, -0.05) is 18.6 Å². The summed E-state index contributed by atoms with van der Waals surface area (Å²) in [7, 11) is 0. The zero-order valence-corrected chi connectivity index (χ0v) is 13.8. The van der Waals surface area contributed by atoms with Crippen LogP contribution in [0.3, 0.4) is 0 Å². The number of allylic oxidation sites excluding steroid dienone is 2. The van der Waals surface area contributed by atoms with Crippen molar-refractivity contribution in [2.45, 2.75) is 51.0 Å². The summed E-state index contributed by atoms with van der Waals surface area (Å²) in [6.45, 7) is 0. The summed E-state index contributed by atoms with van der Waals surface area (Å²) in [5.74, 6) is 0. The van der Waals surface area contributed by atoms with E-state index in [0.29, 0.717) is 0 Å². The number of nitrogens with zero attached hydrogens (tertiary/aromatic N) is 3. The molecule has 1 aliphatic rings. The molecule has 2 heterocycles. The van der Waals surface area contributed by atoms with Crippen LogP contribution >= 0.6 is 0 Å². The van der Waals surface area contributed by atoms with E-state index in [1.807, 2.05) is 12.3 Å². The fourth-order valence-electron chi connectivity index (χ4n) is 2.62. The van der Waals surface area contributed by atoms with Gasteiger partial charge in [-0.2, -0.15) is 10.2 Å². The molecule has 24 heavy (non-hydrogen) atoms. The average Bonchev–Trinajstić information content (AvgIpc) is 3.26. The first-order valence-corrected chi connectivity index (χ1v) is 8.39. The lowest BCUT2D eigenvalue weighted by Crippen LogP contribution is -2.33. The minimum atomic E-state index is -0.886. The molecule has 0 radical (unpaired) electrons. The first kappa shape index (κ1) is 17.8. The smallest absolute Gasteiger partial charge is 0.404 e. The van der Waals surface area contributed by atoms with E-state index in [-0.39, 0.29) is 6.04 Å². The molecule has 0 fully saturated rings. The number of rotatable bonds is 2. The lowest BCUT2D eigenvalue weighted by atomic mass is 10.0. The van der Waals surface area contributed by atoms with Crippen molar-refractivity contribution < 1.29 is 9.90 Å². The van der Waals surface area contributed by atoms with Crippen molar-refractivity contribution in [2.24, 2.45) is 0 Å². The number of amides is 1. The third kappa shape index (κ3) is 6.68. The number of hydrogen-bond donors (Lipinski definition) is 3. The molecule has 2 aromatic heterocycles. The summed E-state index contributed by atoms with van der Waals surface area (Å²) in [4.78, 5) is 10.5. The zero-order chi connectivity index (χ0) is 17.0. The number of aromatic nitrogens is 4. The second-order valence-corrected chi connectivity index (χ2v) is 5.74. The van der Waals surface area contributed by atoms with Crippen LogP contribution in [-0.2, 0) is 0 Å². The van der Waals surface area contributed by atoms with Gasteiger partial charge in [-0.3, -0.25) is 5.10 Å². The molecular weight excluding hydrogens is 306 g/mol. The Morgan fingerprint density at radius 1 is 1.25 bits per heavy atom. The third-order valence-corrected chi connectivity index (χ3v) is 3.84. The standard InChI is InChI=1S/C11H19NO2.C6H6N4/c13-11(14)12-10-8-6-4-2-1-3-5-7-9-10;1-2-9-10(3-1)6-4-7-8-5-6/h1-2,10,12H,3-9H2,(H,13,14);1-5H,(H,7,8). The molecule has 1 aliphatic carbocycles. The minimum Gasteiger partial charge on any atom is -0.465 e. The van der Waals surface area contributed by atoms with Gasteiger partial charge < -0.3 is 10.4 Å². The molecule has 130 valence electrons. The van der Waals surface area contributed by atoms with Crippen LogP contribution < -0.4 is 5.32 Å². The van der Waals surface area contributed by atoms with Gasteiger partial charge in [-0.05, 0) is 44.6 Å². The van der Waals surface area contributed by atoms with Crippen molar-refractivity contribution in [1.29, 1.82) is 0 Å². The summed E-state index contributed by atoms with van der Waals surface area (Å²) in [5.41, 5.74) is 0.949. The van der Waals surface area contributed by atoms with Crippen molar-refractivity contribution in [3.63, 3.8) is 0 Å². The molecule has 1 amide bonds. The van der Waals surface area contributed by atoms with E-state index < -0.39 is 6.09 Å². The van der Waals surface area contributed by atoms with E-state index in [2.05, 4.69) is 32.8 Å². The largest absolute Gasteiger partial charge is 0.465 e. The number of aromatic amines is 1. The van der Waals surface area contributed by atoms with E-state index in [1.165, 1.54) is 6.42 Å². The lowest BCUT2D eigenvalue weighted by molar-refractivity contribution is 0.187. The average molecular weight is 331 g/mol. The molecule has 0 saturated carbocycles. The molecule has 0 aliphatic heterocycles. The molecule has 1 atom stereocenters. The summed E-state index contributed by atoms with van der Waals surface area (Å²) < 4.78 is 1.74. The molecule has 1 unspecified atom stereocenters. The van der Waals surface area contributed by atoms with Gasteiger partial charge in [0.05, 0.1) is 6.20 Å². The third-order valence-electron chi connectivity index (χ3n) is 3.84. The van der Waals surface area contributed by atoms with Crippen LogP contribution in [0.4, 0.5) is 4.79 Å². The molecule has 0 bridgehead atoms. The van der Waals surface area contributed by atoms with Gasteiger partial charge >= 0.3 is 6.09 Å². The Hall–Kier alpha value is -2.57. The van der Waals surface area contributed by atoms with E-state index in [4.69, 9.17) is 5.11 Å². The van der Waals surface area contributed by atoms with Gasteiger partial charge in [0.15, 0.2) is 0 Å². The van der Waals surface area contributed by atoms with Gasteiger partial charge in [0.1, 0.15) is 5.69 Å². The number of H-pyrrole nitrogens is 1. The Bertz CT molecular complexity index is 560. The maximum absolute atomic E-state index is 10.5. The topological polar surface area (TPSA) is 95.8 Å². The Morgan fingerprint density at radius 2 is 2.04 bits per heavy atom. The number of carbonyl (C=O) groups is 1. The van der Waals surface area contributed by atoms with Crippen LogP contribution in [0.5, 0.6) is 0 Å². The highest BCUT2D eigenvalue weighted by atomic mass is 16.4. The first-order valence-electron chi connectivity index (χ1n) is 8.39. The minimum absolute atomic E-state index is 0.166. The predicted octanol–water partition coefficient (Wildman–Crippen LogP) is 3.52. The summed E-state index contributed by atoms with van der Waals surface area (Å²) in [6, 6.07) is 2.03. The molecule has 3 rings (SSSR count). The highest BCUT2D eigenvalue weighted by Crippen LogP contribution is 2.13. The lowest BCUT2D eigenvalue weighted by Gasteiger charge is -2.16.